The van der Waals surface area contributed by atoms with Gasteiger partial charge in [0, 0.05) is 16.2 Å². The lowest BCUT2D eigenvalue weighted by Crippen LogP contribution is -2.27. The van der Waals surface area contributed by atoms with Crippen LogP contribution in [0.2, 0.25) is 0 Å². The standard InChI is InChI=1S/C23H27N5O2S/c1-15-12-16(2)28(26-15)14-18-8-7-9-19(13-18)22(24)27-30-17(3)23(29)25-20-10-5-6-11-21(20)31-4/h5-13,17H,14H2,1-4H3,(H2,24,27)(H,25,29). The van der Waals surface area contributed by atoms with Gasteiger partial charge in [-0.25, -0.2) is 0 Å². The first kappa shape index (κ1) is 22.4. The van der Waals surface area contributed by atoms with Gasteiger partial charge < -0.3 is 15.9 Å². The summed E-state index contributed by atoms with van der Waals surface area (Å²) in [4.78, 5) is 18.8. The molecular weight excluding hydrogens is 410 g/mol. The van der Waals surface area contributed by atoms with Crippen LogP contribution in [0.15, 0.2) is 64.6 Å². The molecule has 1 aromatic heterocycles. The van der Waals surface area contributed by atoms with E-state index in [1.54, 1.807) is 18.7 Å². The fraction of sp³-hybridized carbons (Fsp3) is 0.261. The maximum Gasteiger partial charge on any atom is 0.268 e. The quantitative estimate of drug-likeness (QED) is 0.241. The number of oxime groups is 1. The monoisotopic (exact) mass is 437 g/mol. The van der Waals surface area contributed by atoms with Gasteiger partial charge in [-0.2, -0.15) is 5.10 Å². The molecule has 8 heteroatoms. The number of para-hydroxylation sites is 1. The lowest BCUT2D eigenvalue weighted by molar-refractivity contribution is -0.126. The van der Waals surface area contributed by atoms with Crippen LogP contribution in [-0.4, -0.2) is 33.9 Å². The van der Waals surface area contributed by atoms with Crippen LogP contribution in [-0.2, 0) is 16.2 Å². The highest BCUT2D eigenvalue weighted by Gasteiger charge is 2.16. The van der Waals surface area contributed by atoms with Crippen molar-refractivity contribution in [2.24, 2.45) is 10.9 Å². The molecule has 1 heterocycles. The summed E-state index contributed by atoms with van der Waals surface area (Å²) in [5.74, 6) is -0.0873. The minimum atomic E-state index is -0.800. The molecule has 7 nitrogen and oxygen atoms in total. The highest BCUT2D eigenvalue weighted by atomic mass is 32.2. The van der Waals surface area contributed by atoms with Crippen molar-refractivity contribution in [2.75, 3.05) is 11.6 Å². The van der Waals surface area contributed by atoms with Crippen molar-refractivity contribution >= 4 is 29.2 Å². The number of amidine groups is 1. The zero-order valence-corrected chi connectivity index (χ0v) is 18.9. The molecule has 0 aliphatic heterocycles. The summed E-state index contributed by atoms with van der Waals surface area (Å²) in [7, 11) is 0. The van der Waals surface area contributed by atoms with Crippen molar-refractivity contribution < 1.29 is 9.63 Å². The summed E-state index contributed by atoms with van der Waals surface area (Å²) in [6.07, 6.45) is 1.16. The number of nitrogens with one attached hydrogen (secondary N) is 1. The smallest absolute Gasteiger partial charge is 0.268 e. The molecule has 0 aliphatic rings. The molecule has 2 aromatic carbocycles. The first-order valence-electron chi connectivity index (χ1n) is 9.91. The summed E-state index contributed by atoms with van der Waals surface area (Å²) < 4.78 is 1.94. The lowest BCUT2D eigenvalue weighted by atomic mass is 10.1. The average molecular weight is 438 g/mol. The van der Waals surface area contributed by atoms with E-state index in [0.717, 1.165) is 33.1 Å². The lowest BCUT2D eigenvalue weighted by Gasteiger charge is -2.13. The zero-order chi connectivity index (χ0) is 22.4. The van der Waals surface area contributed by atoms with Crippen molar-refractivity contribution in [1.82, 2.24) is 9.78 Å². The van der Waals surface area contributed by atoms with Gasteiger partial charge in [0.25, 0.3) is 5.91 Å². The molecule has 0 saturated heterocycles. The number of carbonyl (C=O) groups excluding carboxylic acids is 1. The van der Waals surface area contributed by atoms with E-state index >= 15 is 0 Å². The first-order valence-corrected chi connectivity index (χ1v) is 11.1. The Morgan fingerprint density at radius 2 is 2.00 bits per heavy atom. The number of rotatable bonds is 8. The first-order chi connectivity index (χ1) is 14.9. The van der Waals surface area contributed by atoms with E-state index < -0.39 is 6.10 Å². The van der Waals surface area contributed by atoms with E-state index in [1.165, 1.54) is 0 Å². The number of hydrogen-bond donors (Lipinski definition) is 2. The van der Waals surface area contributed by atoms with Crippen molar-refractivity contribution in [2.45, 2.75) is 38.3 Å². The Kier molecular flexibility index (Phi) is 7.36. The molecule has 0 bridgehead atoms. The van der Waals surface area contributed by atoms with Crippen molar-refractivity contribution in [3.63, 3.8) is 0 Å². The molecule has 3 N–H and O–H groups in total. The molecule has 3 aromatic rings. The minimum absolute atomic E-state index is 0.208. The van der Waals surface area contributed by atoms with Gasteiger partial charge in [-0.3, -0.25) is 9.48 Å². The molecule has 162 valence electrons. The van der Waals surface area contributed by atoms with Gasteiger partial charge in [0.05, 0.1) is 17.9 Å². The third-order valence-corrected chi connectivity index (χ3v) is 5.50. The molecule has 0 spiro atoms. The van der Waals surface area contributed by atoms with Gasteiger partial charge in [0.1, 0.15) is 0 Å². The van der Waals surface area contributed by atoms with Gasteiger partial charge in [0.2, 0.25) is 6.10 Å². The number of thioether (sulfide) groups is 1. The van der Waals surface area contributed by atoms with E-state index in [1.807, 2.05) is 79.4 Å². The van der Waals surface area contributed by atoms with Gasteiger partial charge in [-0.05, 0) is 56.9 Å². The van der Waals surface area contributed by atoms with Crippen LogP contribution in [0.3, 0.4) is 0 Å². The van der Waals surface area contributed by atoms with Crippen molar-refractivity contribution in [3.05, 3.63) is 77.1 Å². The topological polar surface area (TPSA) is 94.5 Å². The summed E-state index contributed by atoms with van der Waals surface area (Å²) in [5, 5.41) is 11.3. The van der Waals surface area contributed by atoms with E-state index in [2.05, 4.69) is 15.6 Å². The number of amides is 1. The number of benzene rings is 2. The van der Waals surface area contributed by atoms with Crippen LogP contribution in [0.4, 0.5) is 5.69 Å². The number of carbonyl (C=O) groups is 1. The fourth-order valence-electron chi connectivity index (χ4n) is 3.06. The number of hydrogen-bond acceptors (Lipinski definition) is 5. The molecule has 0 fully saturated rings. The predicted octanol–water partition coefficient (Wildman–Crippen LogP) is 3.93. The second-order valence-corrected chi connectivity index (χ2v) is 8.05. The van der Waals surface area contributed by atoms with Gasteiger partial charge in [0.15, 0.2) is 5.84 Å². The third kappa shape index (κ3) is 5.88. The van der Waals surface area contributed by atoms with Crippen LogP contribution in [0.5, 0.6) is 0 Å². The van der Waals surface area contributed by atoms with E-state index in [9.17, 15) is 4.79 Å². The number of nitrogens with zero attached hydrogens (tertiary/aromatic N) is 3. The average Bonchev–Trinajstić information content (AvgIpc) is 3.08. The van der Waals surface area contributed by atoms with E-state index in [-0.39, 0.29) is 11.7 Å². The SMILES string of the molecule is CSc1ccccc1NC(=O)C(C)ON=C(N)c1cccc(Cn2nc(C)cc2C)c1. The van der Waals surface area contributed by atoms with Crippen LogP contribution >= 0.6 is 11.8 Å². The number of anilines is 1. The summed E-state index contributed by atoms with van der Waals surface area (Å²) in [6.45, 7) is 6.26. The largest absolute Gasteiger partial charge is 0.381 e. The molecule has 1 atom stereocenters. The van der Waals surface area contributed by atoms with Gasteiger partial charge in [-0.1, -0.05) is 35.5 Å². The van der Waals surface area contributed by atoms with Crippen LogP contribution in [0.1, 0.15) is 29.4 Å². The van der Waals surface area contributed by atoms with Crippen molar-refractivity contribution in [3.8, 4) is 0 Å². The maximum absolute atomic E-state index is 12.5. The molecular formula is C23H27N5O2S. The minimum Gasteiger partial charge on any atom is -0.381 e. The van der Waals surface area contributed by atoms with Crippen LogP contribution in [0.25, 0.3) is 0 Å². The predicted molar refractivity (Wildman–Crippen MR) is 125 cm³/mol. The van der Waals surface area contributed by atoms with Crippen LogP contribution < -0.4 is 11.1 Å². The Labute approximate surface area is 186 Å². The normalized spacial score (nSPS) is 12.5. The second-order valence-electron chi connectivity index (χ2n) is 7.20. The van der Waals surface area contributed by atoms with Gasteiger partial charge in [-0.15, -0.1) is 11.8 Å². The van der Waals surface area contributed by atoms with E-state index in [4.69, 9.17) is 10.6 Å². The molecule has 0 saturated carbocycles. The highest BCUT2D eigenvalue weighted by molar-refractivity contribution is 7.98. The highest BCUT2D eigenvalue weighted by Crippen LogP contribution is 2.24. The Morgan fingerprint density at radius 1 is 1.23 bits per heavy atom. The molecule has 0 radical (unpaired) electrons. The molecule has 31 heavy (non-hydrogen) atoms. The molecule has 1 unspecified atom stereocenters. The molecule has 1 amide bonds. The van der Waals surface area contributed by atoms with Crippen molar-refractivity contribution in [1.29, 1.82) is 0 Å². The third-order valence-electron chi connectivity index (χ3n) is 4.70. The Balaban J connectivity index is 1.64. The molecule has 3 rings (SSSR count). The van der Waals surface area contributed by atoms with Gasteiger partial charge >= 0.3 is 0 Å². The fourth-order valence-corrected chi connectivity index (χ4v) is 3.61. The summed E-state index contributed by atoms with van der Waals surface area (Å²) in [5.41, 5.74) is 10.7. The van der Waals surface area contributed by atoms with Crippen LogP contribution in [0, 0.1) is 13.8 Å². The Hall–Kier alpha value is -3.26. The summed E-state index contributed by atoms with van der Waals surface area (Å²) in [6, 6.07) is 17.3. The zero-order valence-electron chi connectivity index (χ0n) is 18.1. The molecule has 0 aliphatic carbocycles. The number of aryl methyl sites for hydroxylation is 2. The van der Waals surface area contributed by atoms with E-state index in [0.29, 0.717) is 6.54 Å². The Morgan fingerprint density at radius 3 is 2.71 bits per heavy atom. The summed E-state index contributed by atoms with van der Waals surface area (Å²) >= 11 is 1.56. The second kappa shape index (κ2) is 10.2. The maximum atomic E-state index is 12.5. The Bertz CT molecular complexity index is 1090. The number of nitrogens with two attached hydrogens (primary N) is 1. The number of aromatic nitrogens is 2.